The number of benzene rings is 1. The first kappa shape index (κ1) is 14.2. The average Bonchev–Trinajstić information content (AvgIpc) is 2.71. The molecule has 2 aromatic rings. The maximum absolute atomic E-state index is 13.0. The number of nitrogens with two attached hydrogens (primary N) is 1. The lowest BCUT2D eigenvalue weighted by Gasteiger charge is -2.05. The van der Waals surface area contributed by atoms with Gasteiger partial charge in [0.15, 0.2) is 5.00 Å². The summed E-state index contributed by atoms with van der Waals surface area (Å²) >= 11 is 0.565. The van der Waals surface area contributed by atoms with E-state index in [0.717, 1.165) is 18.2 Å². The topological polar surface area (TPSA) is 115 Å². The van der Waals surface area contributed by atoms with Crippen LogP contribution in [0, 0.1) is 15.9 Å². The van der Waals surface area contributed by atoms with Crippen LogP contribution in [0.3, 0.4) is 0 Å². The molecule has 0 bridgehead atoms. The second kappa shape index (κ2) is 5.06. The van der Waals surface area contributed by atoms with Gasteiger partial charge in [0.25, 0.3) is 10.0 Å². The Kier molecular flexibility index (Phi) is 3.59. The number of nitrogens with zero attached hydrogens (tertiary/aromatic N) is 1. The van der Waals surface area contributed by atoms with Gasteiger partial charge in [-0.3, -0.25) is 14.8 Å². The van der Waals surface area contributed by atoms with E-state index in [2.05, 4.69) is 4.72 Å². The van der Waals surface area contributed by atoms with Gasteiger partial charge < -0.3 is 5.73 Å². The van der Waals surface area contributed by atoms with Gasteiger partial charge >= 0.3 is 5.69 Å². The summed E-state index contributed by atoms with van der Waals surface area (Å²) in [5, 5.41) is 10.4. The molecule has 0 fully saturated rings. The molecule has 0 saturated carbocycles. The molecule has 10 heteroatoms. The molecule has 1 aromatic carbocycles. The lowest BCUT2D eigenvalue weighted by atomic mass is 10.3. The van der Waals surface area contributed by atoms with E-state index in [0.29, 0.717) is 11.3 Å². The molecule has 0 radical (unpaired) electrons. The Labute approximate surface area is 117 Å². The van der Waals surface area contributed by atoms with Crippen molar-refractivity contribution in [2.75, 3.05) is 10.5 Å². The van der Waals surface area contributed by atoms with Gasteiger partial charge in [0, 0.05) is 6.07 Å². The van der Waals surface area contributed by atoms with Crippen LogP contribution >= 0.6 is 11.3 Å². The van der Waals surface area contributed by atoms with Crippen LogP contribution < -0.4 is 10.5 Å². The van der Waals surface area contributed by atoms with Crippen molar-refractivity contribution in [3.05, 3.63) is 46.3 Å². The molecular weight excluding hydrogens is 309 g/mol. The Balaban J connectivity index is 2.36. The first-order valence-electron chi connectivity index (χ1n) is 5.11. The zero-order valence-electron chi connectivity index (χ0n) is 9.74. The number of nitro groups is 1. The van der Waals surface area contributed by atoms with Crippen molar-refractivity contribution in [2.24, 2.45) is 0 Å². The Hall–Kier alpha value is -2.20. The molecule has 1 heterocycles. The number of rotatable bonds is 4. The van der Waals surface area contributed by atoms with Crippen molar-refractivity contribution in [1.82, 2.24) is 0 Å². The SMILES string of the molecule is Nc1sc(S(=O)(=O)Nc2cccc(F)c2)cc1[N+](=O)[O-]. The summed E-state index contributed by atoms with van der Waals surface area (Å²) in [7, 11) is -4.05. The maximum Gasteiger partial charge on any atom is 0.304 e. The summed E-state index contributed by atoms with van der Waals surface area (Å²) in [5.74, 6) is -0.609. The molecule has 0 aliphatic carbocycles. The number of hydrogen-bond acceptors (Lipinski definition) is 6. The van der Waals surface area contributed by atoms with E-state index >= 15 is 0 Å². The second-order valence-electron chi connectivity index (χ2n) is 3.69. The quantitative estimate of drug-likeness (QED) is 0.662. The number of halogens is 1. The normalized spacial score (nSPS) is 11.2. The maximum atomic E-state index is 13.0. The number of nitrogen functional groups attached to an aromatic ring is 1. The van der Waals surface area contributed by atoms with Crippen LogP contribution in [0.15, 0.2) is 34.5 Å². The summed E-state index contributed by atoms with van der Waals surface area (Å²) < 4.78 is 38.8. The van der Waals surface area contributed by atoms with Gasteiger partial charge in [-0.05, 0) is 18.2 Å². The number of thiophene rings is 1. The molecule has 0 spiro atoms. The smallest absolute Gasteiger partial charge is 0.304 e. The molecule has 0 aliphatic rings. The van der Waals surface area contributed by atoms with Crippen molar-refractivity contribution in [2.45, 2.75) is 4.21 Å². The van der Waals surface area contributed by atoms with Gasteiger partial charge in [0.2, 0.25) is 0 Å². The molecule has 2 rings (SSSR count). The molecule has 0 unspecified atom stereocenters. The van der Waals surface area contributed by atoms with Crippen molar-refractivity contribution in [3.8, 4) is 0 Å². The number of anilines is 2. The van der Waals surface area contributed by atoms with E-state index in [-0.39, 0.29) is 14.9 Å². The Morgan fingerprint density at radius 1 is 1.35 bits per heavy atom. The molecule has 106 valence electrons. The van der Waals surface area contributed by atoms with Crippen LogP contribution in [-0.4, -0.2) is 13.3 Å². The van der Waals surface area contributed by atoms with Crippen LogP contribution in [-0.2, 0) is 10.0 Å². The third-order valence-corrected chi connectivity index (χ3v) is 5.06. The molecule has 20 heavy (non-hydrogen) atoms. The third-order valence-electron chi connectivity index (χ3n) is 2.26. The summed E-state index contributed by atoms with van der Waals surface area (Å²) in [5.41, 5.74) is 4.92. The summed E-state index contributed by atoms with van der Waals surface area (Å²) in [6.45, 7) is 0. The minimum Gasteiger partial charge on any atom is -0.385 e. The van der Waals surface area contributed by atoms with E-state index in [1.807, 2.05) is 0 Å². The zero-order valence-corrected chi connectivity index (χ0v) is 11.4. The fraction of sp³-hybridized carbons (Fsp3) is 0. The lowest BCUT2D eigenvalue weighted by Crippen LogP contribution is -2.11. The molecule has 1 aromatic heterocycles. The van der Waals surface area contributed by atoms with Crippen LogP contribution in [0.1, 0.15) is 0 Å². The van der Waals surface area contributed by atoms with Crippen LogP contribution in [0.5, 0.6) is 0 Å². The van der Waals surface area contributed by atoms with Crippen LogP contribution in [0.4, 0.5) is 20.8 Å². The summed E-state index contributed by atoms with van der Waals surface area (Å²) in [4.78, 5) is 9.86. The van der Waals surface area contributed by atoms with E-state index in [4.69, 9.17) is 5.73 Å². The van der Waals surface area contributed by atoms with E-state index in [9.17, 15) is 22.9 Å². The van der Waals surface area contributed by atoms with Gasteiger partial charge in [0.1, 0.15) is 10.0 Å². The monoisotopic (exact) mass is 317 g/mol. The van der Waals surface area contributed by atoms with Gasteiger partial charge in [-0.15, -0.1) is 0 Å². The number of hydrogen-bond donors (Lipinski definition) is 2. The van der Waals surface area contributed by atoms with E-state index < -0.39 is 26.5 Å². The van der Waals surface area contributed by atoms with E-state index in [1.54, 1.807) is 0 Å². The van der Waals surface area contributed by atoms with Crippen LogP contribution in [0.2, 0.25) is 0 Å². The highest BCUT2D eigenvalue weighted by Crippen LogP contribution is 2.35. The highest BCUT2D eigenvalue weighted by Gasteiger charge is 2.24. The highest BCUT2D eigenvalue weighted by molar-refractivity contribution is 7.94. The summed E-state index contributed by atoms with van der Waals surface area (Å²) in [6, 6.07) is 5.70. The average molecular weight is 317 g/mol. The fourth-order valence-electron chi connectivity index (χ4n) is 1.41. The molecule has 3 N–H and O–H groups in total. The lowest BCUT2D eigenvalue weighted by molar-refractivity contribution is -0.383. The first-order valence-corrected chi connectivity index (χ1v) is 7.41. The molecule has 0 amide bonds. The molecule has 0 saturated heterocycles. The third kappa shape index (κ3) is 2.86. The fourth-order valence-corrected chi connectivity index (χ4v) is 3.67. The summed E-state index contributed by atoms with van der Waals surface area (Å²) in [6.07, 6.45) is 0. The largest absolute Gasteiger partial charge is 0.385 e. The van der Waals surface area contributed by atoms with E-state index in [1.165, 1.54) is 12.1 Å². The molecule has 0 atom stereocenters. The van der Waals surface area contributed by atoms with Crippen molar-refractivity contribution in [3.63, 3.8) is 0 Å². The van der Waals surface area contributed by atoms with Gasteiger partial charge in [-0.2, -0.15) is 0 Å². The predicted molar refractivity (Wildman–Crippen MR) is 72.6 cm³/mol. The molecule has 0 aliphatic heterocycles. The Morgan fingerprint density at radius 2 is 2.05 bits per heavy atom. The van der Waals surface area contributed by atoms with Gasteiger partial charge in [0.05, 0.1) is 10.6 Å². The van der Waals surface area contributed by atoms with Crippen molar-refractivity contribution in [1.29, 1.82) is 0 Å². The second-order valence-corrected chi connectivity index (χ2v) is 6.68. The minimum absolute atomic E-state index is 0.0135. The zero-order chi connectivity index (χ0) is 14.9. The van der Waals surface area contributed by atoms with Crippen molar-refractivity contribution < 1.29 is 17.7 Å². The predicted octanol–water partition coefficient (Wildman–Crippen LogP) is 2.18. The Bertz CT molecular complexity index is 773. The minimum atomic E-state index is -4.05. The molecule has 7 nitrogen and oxygen atoms in total. The highest BCUT2D eigenvalue weighted by atomic mass is 32.2. The first-order chi connectivity index (χ1) is 9.29. The Morgan fingerprint density at radius 3 is 2.60 bits per heavy atom. The van der Waals surface area contributed by atoms with Crippen molar-refractivity contribution >= 4 is 37.7 Å². The number of sulfonamides is 1. The van der Waals surface area contributed by atoms with Gasteiger partial charge in [-0.25, -0.2) is 12.8 Å². The number of nitrogens with one attached hydrogen (secondary N) is 1. The standard InChI is InChI=1S/C10H8FN3O4S2/c11-6-2-1-3-7(4-6)13-20(17,18)9-5-8(14(15)16)10(12)19-9/h1-5,13H,12H2. The van der Waals surface area contributed by atoms with Gasteiger partial charge in [-0.1, -0.05) is 17.4 Å². The van der Waals surface area contributed by atoms with Crippen LogP contribution in [0.25, 0.3) is 0 Å². The molecular formula is C10H8FN3O4S2.